The molecule has 2 rings (SSSR count). The highest BCUT2D eigenvalue weighted by Crippen LogP contribution is 2.21. The summed E-state index contributed by atoms with van der Waals surface area (Å²) in [6, 6.07) is 10.1. The van der Waals surface area contributed by atoms with Gasteiger partial charge in [-0.2, -0.15) is 0 Å². The summed E-state index contributed by atoms with van der Waals surface area (Å²) < 4.78 is 4.79. The van der Waals surface area contributed by atoms with E-state index in [1.54, 1.807) is 19.1 Å². The van der Waals surface area contributed by atoms with Crippen molar-refractivity contribution in [2.45, 2.75) is 6.92 Å². The van der Waals surface area contributed by atoms with Crippen molar-refractivity contribution in [3.05, 3.63) is 68.7 Å². The van der Waals surface area contributed by atoms with Crippen LogP contribution in [0, 0.1) is 17.0 Å². The van der Waals surface area contributed by atoms with Gasteiger partial charge in [-0.1, -0.05) is 17.7 Å². The van der Waals surface area contributed by atoms with E-state index in [-0.39, 0.29) is 11.3 Å². The van der Waals surface area contributed by atoms with Gasteiger partial charge in [-0.15, -0.1) is 0 Å². The molecule has 2 N–H and O–H groups in total. The number of rotatable bonds is 7. The second-order valence-electron chi connectivity index (χ2n) is 5.66. The van der Waals surface area contributed by atoms with Crippen LogP contribution in [0.1, 0.15) is 15.9 Å². The Bertz CT molecular complexity index is 931. The van der Waals surface area contributed by atoms with Gasteiger partial charge in [0.1, 0.15) is 6.54 Å². The molecule has 2 amide bonds. The van der Waals surface area contributed by atoms with E-state index in [0.29, 0.717) is 16.3 Å². The zero-order valence-electron chi connectivity index (χ0n) is 14.7. The number of hydrogen-bond donors (Lipinski definition) is 2. The molecule has 0 aromatic heterocycles. The number of nitrogens with one attached hydrogen (secondary N) is 2. The molecule has 0 saturated heterocycles. The predicted octanol–water partition coefficient (Wildman–Crippen LogP) is 2.47. The summed E-state index contributed by atoms with van der Waals surface area (Å²) in [6.45, 7) is 0.609. The Hall–Kier alpha value is -3.46. The molecule has 0 spiro atoms. The molecule has 0 aliphatic carbocycles. The lowest BCUT2D eigenvalue weighted by Crippen LogP contribution is -2.32. The van der Waals surface area contributed by atoms with Gasteiger partial charge in [-0.05, 0) is 36.8 Å². The number of nitro benzene ring substituents is 1. The third-order valence-corrected chi connectivity index (χ3v) is 3.77. The van der Waals surface area contributed by atoms with Gasteiger partial charge in [0.15, 0.2) is 6.61 Å². The van der Waals surface area contributed by atoms with Gasteiger partial charge in [0, 0.05) is 28.4 Å². The fourth-order valence-corrected chi connectivity index (χ4v) is 2.36. The molecule has 146 valence electrons. The van der Waals surface area contributed by atoms with E-state index < -0.39 is 35.9 Å². The van der Waals surface area contributed by atoms with Crippen molar-refractivity contribution < 1.29 is 24.0 Å². The van der Waals surface area contributed by atoms with E-state index in [9.17, 15) is 24.5 Å². The first-order valence-corrected chi connectivity index (χ1v) is 8.38. The lowest BCUT2D eigenvalue weighted by atomic mass is 10.2. The van der Waals surface area contributed by atoms with Crippen LogP contribution in [0.5, 0.6) is 0 Å². The van der Waals surface area contributed by atoms with Crippen LogP contribution in [-0.4, -0.2) is 35.9 Å². The Morgan fingerprint density at radius 2 is 1.93 bits per heavy atom. The zero-order valence-corrected chi connectivity index (χ0v) is 15.5. The number of anilines is 1. The molecule has 0 aliphatic rings. The van der Waals surface area contributed by atoms with E-state index in [4.69, 9.17) is 16.3 Å². The van der Waals surface area contributed by atoms with Crippen LogP contribution in [0.3, 0.4) is 0 Å². The zero-order chi connectivity index (χ0) is 20.7. The van der Waals surface area contributed by atoms with E-state index in [0.717, 1.165) is 0 Å². The summed E-state index contributed by atoms with van der Waals surface area (Å²) in [5.74, 6) is -1.93. The summed E-state index contributed by atoms with van der Waals surface area (Å²) in [4.78, 5) is 45.6. The maximum Gasteiger partial charge on any atom is 0.325 e. The molecule has 0 aliphatic heterocycles. The minimum Gasteiger partial charge on any atom is -0.454 e. The lowest BCUT2D eigenvalue weighted by molar-refractivity contribution is -0.384. The molecule has 0 saturated carbocycles. The van der Waals surface area contributed by atoms with Gasteiger partial charge in [0.2, 0.25) is 0 Å². The average Bonchev–Trinajstić information content (AvgIpc) is 2.65. The minimum absolute atomic E-state index is 0.0997. The average molecular weight is 406 g/mol. The molecular weight excluding hydrogens is 390 g/mol. The summed E-state index contributed by atoms with van der Waals surface area (Å²) >= 11 is 5.79. The van der Waals surface area contributed by atoms with Crippen molar-refractivity contribution in [3.8, 4) is 0 Å². The lowest BCUT2D eigenvalue weighted by Gasteiger charge is -2.09. The fourth-order valence-electron chi connectivity index (χ4n) is 2.17. The molecular formula is C18H16ClN3O6. The molecule has 0 fully saturated rings. The number of ether oxygens (including phenoxy) is 1. The third-order valence-electron chi connectivity index (χ3n) is 3.54. The molecule has 0 heterocycles. The van der Waals surface area contributed by atoms with Crippen molar-refractivity contribution in [1.29, 1.82) is 0 Å². The van der Waals surface area contributed by atoms with E-state index in [1.807, 2.05) is 0 Å². The first-order valence-electron chi connectivity index (χ1n) is 8.00. The first kappa shape index (κ1) is 20.8. The van der Waals surface area contributed by atoms with Crippen molar-refractivity contribution in [2.75, 3.05) is 18.5 Å². The number of non-ortho nitro benzene ring substituents is 1. The van der Waals surface area contributed by atoms with Crippen LogP contribution in [0.15, 0.2) is 42.5 Å². The Morgan fingerprint density at radius 1 is 1.18 bits per heavy atom. The van der Waals surface area contributed by atoms with E-state index >= 15 is 0 Å². The molecule has 2 aromatic carbocycles. The van der Waals surface area contributed by atoms with Crippen molar-refractivity contribution >= 4 is 40.8 Å². The van der Waals surface area contributed by atoms with Crippen LogP contribution in [0.4, 0.5) is 11.4 Å². The number of nitrogens with zero attached hydrogens (tertiary/aromatic N) is 1. The largest absolute Gasteiger partial charge is 0.454 e. The molecule has 10 heteroatoms. The Kier molecular flexibility index (Phi) is 7.05. The second kappa shape index (κ2) is 9.47. The number of carbonyl (C=O) groups excluding carboxylic acids is 3. The molecule has 0 radical (unpaired) electrons. The van der Waals surface area contributed by atoms with Crippen LogP contribution < -0.4 is 10.6 Å². The maximum atomic E-state index is 11.9. The summed E-state index contributed by atoms with van der Waals surface area (Å²) in [7, 11) is 0. The number of halogens is 1. The SMILES string of the molecule is Cc1cc([N+](=O)[O-])ccc1NC(=O)COC(=O)CNC(=O)c1cccc(Cl)c1. The third kappa shape index (κ3) is 6.06. The molecule has 9 nitrogen and oxygen atoms in total. The number of benzene rings is 2. The standard InChI is InChI=1S/C18H16ClN3O6/c1-11-7-14(22(26)27)5-6-15(11)21-16(23)10-28-17(24)9-20-18(25)12-3-2-4-13(19)8-12/h2-8H,9-10H2,1H3,(H,20,25)(H,21,23). The van der Waals surface area contributed by atoms with E-state index in [2.05, 4.69) is 10.6 Å². The first-order chi connectivity index (χ1) is 13.3. The van der Waals surface area contributed by atoms with Crippen LogP contribution >= 0.6 is 11.6 Å². The van der Waals surface area contributed by atoms with Crippen LogP contribution in [0.2, 0.25) is 5.02 Å². The minimum atomic E-state index is -0.800. The Labute approximate surface area is 164 Å². The quantitative estimate of drug-likeness (QED) is 0.413. The number of nitro groups is 1. The highest BCUT2D eigenvalue weighted by Gasteiger charge is 2.13. The molecule has 28 heavy (non-hydrogen) atoms. The number of aryl methyl sites for hydroxylation is 1. The monoisotopic (exact) mass is 405 g/mol. The Balaban J connectivity index is 1.78. The number of hydrogen-bond acceptors (Lipinski definition) is 6. The highest BCUT2D eigenvalue weighted by molar-refractivity contribution is 6.31. The van der Waals surface area contributed by atoms with Gasteiger partial charge < -0.3 is 15.4 Å². The Morgan fingerprint density at radius 3 is 2.57 bits per heavy atom. The smallest absolute Gasteiger partial charge is 0.325 e. The van der Waals surface area contributed by atoms with E-state index in [1.165, 1.54) is 30.3 Å². The number of amides is 2. The molecule has 0 bridgehead atoms. The van der Waals surface area contributed by atoms with Crippen molar-refractivity contribution in [1.82, 2.24) is 5.32 Å². The van der Waals surface area contributed by atoms with Gasteiger partial charge in [-0.25, -0.2) is 0 Å². The van der Waals surface area contributed by atoms with Crippen LogP contribution in [-0.2, 0) is 14.3 Å². The topological polar surface area (TPSA) is 128 Å². The van der Waals surface area contributed by atoms with Gasteiger partial charge in [0.25, 0.3) is 17.5 Å². The van der Waals surface area contributed by atoms with Crippen molar-refractivity contribution in [3.63, 3.8) is 0 Å². The molecule has 2 aromatic rings. The summed E-state index contributed by atoms with van der Waals surface area (Å²) in [5.41, 5.74) is 1.03. The molecule has 0 unspecified atom stereocenters. The summed E-state index contributed by atoms with van der Waals surface area (Å²) in [5, 5.41) is 15.9. The maximum absolute atomic E-state index is 11.9. The number of carbonyl (C=O) groups is 3. The highest BCUT2D eigenvalue weighted by atomic mass is 35.5. The van der Waals surface area contributed by atoms with Crippen LogP contribution in [0.25, 0.3) is 0 Å². The molecule has 0 atom stereocenters. The van der Waals surface area contributed by atoms with Crippen molar-refractivity contribution in [2.24, 2.45) is 0 Å². The normalized spacial score (nSPS) is 10.1. The summed E-state index contributed by atoms with van der Waals surface area (Å²) in [6.07, 6.45) is 0. The van der Waals surface area contributed by atoms with Gasteiger partial charge in [0.05, 0.1) is 4.92 Å². The fraction of sp³-hybridized carbons (Fsp3) is 0.167. The van der Waals surface area contributed by atoms with Gasteiger partial charge >= 0.3 is 5.97 Å². The predicted molar refractivity (Wildman–Crippen MR) is 101 cm³/mol. The van der Waals surface area contributed by atoms with Gasteiger partial charge in [-0.3, -0.25) is 24.5 Å². The second-order valence-corrected chi connectivity index (χ2v) is 6.09. The number of esters is 1.